The van der Waals surface area contributed by atoms with Gasteiger partial charge in [-0.15, -0.1) is 11.3 Å². The highest BCUT2D eigenvalue weighted by molar-refractivity contribution is 8.00. The number of benzene rings is 2. The normalized spacial score (nSPS) is 11.1. The lowest BCUT2D eigenvalue weighted by Crippen LogP contribution is -2.11. The van der Waals surface area contributed by atoms with Crippen LogP contribution in [-0.4, -0.2) is 35.8 Å². The molecule has 2 heterocycles. The minimum atomic E-state index is -0.211. The van der Waals surface area contributed by atoms with Crippen LogP contribution in [-0.2, 0) is 5.75 Å². The Balaban J connectivity index is 1.59. The molecule has 4 rings (SSSR count). The van der Waals surface area contributed by atoms with Crippen LogP contribution >= 0.6 is 23.1 Å². The monoisotopic (exact) mass is 429 g/mol. The van der Waals surface area contributed by atoms with E-state index in [2.05, 4.69) is 15.0 Å². The lowest BCUT2D eigenvalue weighted by molar-refractivity contribution is 0.341. The maximum Gasteiger partial charge on any atom is 0.258 e. The van der Waals surface area contributed by atoms with Gasteiger partial charge >= 0.3 is 0 Å². The van der Waals surface area contributed by atoms with Crippen molar-refractivity contribution in [3.63, 3.8) is 0 Å². The van der Waals surface area contributed by atoms with Gasteiger partial charge in [0.05, 0.1) is 47.7 Å². The molecule has 0 amide bonds. The molecule has 0 saturated heterocycles. The van der Waals surface area contributed by atoms with Gasteiger partial charge in [-0.1, -0.05) is 11.8 Å². The van der Waals surface area contributed by atoms with Gasteiger partial charge in [0, 0.05) is 6.07 Å². The Morgan fingerprint density at radius 2 is 1.86 bits per heavy atom. The fourth-order valence-electron chi connectivity index (χ4n) is 2.91. The van der Waals surface area contributed by atoms with Gasteiger partial charge in [-0.3, -0.25) is 4.79 Å². The second-order valence-electron chi connectivity index (χ2n) is 6.07. The summed E-state index contributed by atoms with van der Waals surface area (Å²) in [6.07, 6.45) is 0. The Hall–Kier alpha value is -2.78. The predicted octanol–water partition coefficient (Wildman–Crippen LogP) is 4.24. The van der Waals surface area contributed by atoms with E-state index in [1.54, 1.807) is 30.6 Å². The number of nitrogens with one attached hydrogen (secondary N) is 1. The van der Waals surface area contributed by atoms with Gasteiger partial charge in [0.2, 0.25) is 0 Å². The number of thioether (sulfide) groups is 1. The lowest BCUT2D eigenvalue weighted by Gasteiger charge is -2.09. The number of methoxy groups -OCH3 is 2. The Labute approximate surface area is 175 Å². The Kier molecular flexibility index (Phi) is 5.59. The largest absolute Gasteiger partial charge is 0.494 e. The molecule has 0 aliphatic heterocycles. The molecule has 0 unspecified atom stereocenters. The molecule has 150 valence electrons. The van der Waals surface area contributed by atoms with E-state index in [-0.39, 0.29) is 5.56 Å². The average Bonchev–Trinajstić information content (AvgIpc) is 3.14. The summed E-state index contributed by atoms with van der Waals surface area (Å²) in [5.74, 6) is 2.94. The summed E-state index contributed by atoms with van der Waals surface area (Å²) < 4.78 is 18.1. The van der Waals surface area contributed by atoms with Crippen molar-refractivity contribution in [3.8, 4) is 17.2 Å². The number of ether oxygens (including phenoxy) is 3. The molecule has 0 radical (unpaired) electrons. The third kappa shape index (κ3) is 4.01. The van der Waals surface area contributed by atoms with E-state index in [1.807, 2.05) is 25.1 Å². The van der Waals surface area contributed by atoms with Crippen molar-refractivity contribution in [1.29, 1.82) is 0 Å². The van der Waals surface area contributed by atoms with Crippen LogP contribution in [0.2, 0.25) is 0 Å². The standard InChI is InChI=1S/C20H19N3O4S2/c1-4-27-11-5-6-13-17(7-11)29-20(22-13)28-10-18-21-14-9-16(26-3)15(25-2)8-12(14)19(24)23-18/h5-9H,4,10H2,1-3H3,(H,21,23,24). The molecule has 9 heteroatoms. The van der Waals surface area contributed by atoms with Gasteiger partial charge < -0.3 is 19.2 Å². The second kappa shape index (κ2) is 8.30. The summed E-state index contributed by atoms with van der Waals surface area (Å²) in [5.41, 5.74) is 1.28. The van der Waals surface area contributed by atoms with Gasteiger partial charge in [0.15, 0.2) is 15.8 Å². The molecule has 29 heavy (non-hydrogen) atoms. The zero-order chi connectivity index (χ0) is 20.4. The van der Waals surface area contributed by atoms with Crippen molar-refractivity contribution in [2.24, 2.45) is 0 Å². The third-order valence-electron chi connectivity index (χ3n) is 4.24. The smallest absolute Gasteiger partial charge is 0.258 e. The summed E-state index contributed by atoms with van der Waals surface area (Å²) in [7, 11) is 3.09. The van der Waals surface area contributed by atoms with Crippen LogP contribution in [0.5, 0.6) is 17.2 Å². The molecule has 0 aliphatic rings. The summed E-state index contributed by atoms with van der Waals surface area (Å²) in [6.45, 7) is 2.59. The number of fused-ring (bicyclic) bond motifs is 2. The zero-order valence-electron chi connectivity index (χ0n) is 16.1. The van der Waals surface area contributed by atoms with Gasteiger partial charge in [-0.2, -0.15) is 0 Å². The molecule has 0 atom stereocenters. The average molecular weight is 430 g/mol. The maximum absolute atomic E-state index is 12.5. The van der Waals surface area contributed by atoms with Crippen molar-refractivity contribution in [3.05, 3.63) is 46.5 Å². The minimum absolute atomic E-state index is 0.211. The van der Waals surface area contributed by atoms with E-state index >= 15 is 0 Å². The molecule has 2 aromatic carbocycles. The highest BCUT2D eigenvalue weighted by atomic mass is 32.2. The zero-order valence-corrected chi connectivity index (χ0v) is 17.8. The first-order valence-electron chi connectivity index (χ1n) is 8.92. The van der Waals surface area contributed by atoms with Crippen LogP contribution in [0.4, 0.5) is 0 Å². The van der Waals surface area contributed by atoms with E-state index in [4.69, 9.17) is 14.2 Å². The van der Waals surface area contributed by atoms with Crippen LogP contribution in [0.3, 0.4) is 0 Å². The fourth-order valence-corrected chi connectivity index (χ4v) is 4.88. The minimum Gasteiger partial charge on any atom is -0.494 e. The Bertz CT molecular complexity index is 1240. The summed E-state index contributed by atoms with van der Waals surface area (Å²) in [4.78, 5) is 24.5. The highest BCUT2D eigenvalue weighted by Gasteiger charge is 2.12. The van der Waals surface area contributed by atoms with Crippen molar-refractivity contribution in [2.75, 3.05) is 20.8 Å². The van der Waals surface area contributed by atoms with E-state index in [1.165, 1.54) is 18.9 Å². The van der Waals surface area contributed by atoms with Crippen molar-refractivity contribution < 1.29 is 14.2 Å². The third-order valence-corrected chi connectivity index (χ3v) is 6.42. The van der Waals surface area contributed by atoms with Crippen molar-refractivity contribution in [2.45, 2.75) is 17.0 Å². The molecule has 0 bridgehead atoms. The number of aromatic amines is 1. The maximum atomic E-state index is 12.5. The van der Waals surface area contributed by atoms with Crippen LogP contribution in [0, 0.1) is 0 Å². The number of rotatable bonds is 7. The van der Waals surface area contributed by atoms with Crippen molar-refractivity contribution in [1.82, 2.24) is 15.0 Å². The van der Waals surface area contributed by atoms with Crippen LogP contribution in [0.25, 0.3) is 21.1 Å². The molecular formula is C20H19N3O4S2. The fraction of sp³-hybridized carbons (Fsp3) is 0.250. The van der Waals surface area contributed by atoms with Gasteiger partial charge in [-0.05, 0) is 31.2 Å². The Morgan fingerprint density at radius 3 is 2.62 bits per heavy atom. The molecule has 0 fully saturated rings. The van der Waals surface area contributed by atoms with Crippen LogP contribution in [0.15, 0.2) is 39.5 Å². The van der Waals surface area contributed by atoms with E-state index < -0.39 is 0 Å². The summed E-state index contributed by atoms with van der Waals surface area (Å²) >= 11 is 3.12. The molecule has 4 aromatic rings. The highest BCUT2D eigenvalue weighted by Crippen LogP contribution is 2.34. The number of H-pyrrole nitrogens is 1. The SMILES string of the molecule is CCOc1ccc2nc(SCc3nc4cc(OC)c(OC)cc4c(=O)[nH]3)sc2c1. The van der Waals surface area contributed by atoms with Crippen LogP contribution < -0.4 is 19.8 Å². The van der Waals surface area contributed by atoms with Crippen molar-refractivity contribution >= 4 is 44.2 Å². The molecule has 0 aliphatic carbocycles. The Morgan fingerprint density at radius 1 is 1.07 bits per heavy atom. The summed E-state index contributed by atoms with van der Waals surface area (Å²) in [6, 6.07) is 9.22. The van der Waals surface area contributed by atoms with E-state index in [9.17, 15) is 4.79 Å². The quantitative estimate of drug-likeness (QED) is 0.440. The number of hydrogen-bond acceptors (Lipinski definition) is 8. The first-order valence-corrected chi connectivity index (χ1v) is 10.7. The molecule has 7 nitrogen and oxygen atoms in total. The van der Waals surface area contributed by atoms with Gasteiger partial charge in [0.1, 0.15) is 11.6 Å². The molecule has 0 spiro atoms. The van der Waals surface area contributed by atoms with Crippen LogP contribution in [0.1, 0.15) is 12.7 Å². The number of thiazole rings is 1. The number of hydrogen-bond donors (Lipinski definition) is 1. The molecule has 1 N–H and O–H groups in total. The lowest BCUT2D eigenvalue weighted by atomic mass is 10.2. The van der Waals surface area contributed by atoms with E-state index in [0.29, 0.717) is 40.6 Å². The van der Waals surface area contributed by atoms with E-state index in [0.717, 1.165) is 20.3 Å². The topological polar surface area (TPSA) is 86.3 Å². The summed E-state index contributed by atoms with van der Waals surface area (Å²) in [5, 5.41) is 0.458. The number of nitrogens with zero attached hydrogens (tertiary/aromatic N) is 2. The molecule has 2 aromatic heterocycles. The first-order chi connectivity index (χ1) is 14.1. The second-order valence-corrected chi connectivity index (χ2v) is 8.32. The van der Waals surface area contributed by atoms with Gasteiger partial charge in [0.25, 0.3) is 5.56 Å². The number of aromatic nitrogens is 3. The van der Waals surface area contributed by atoms with Gasteiger partial charge in [-0.25, -0.2) is 9.97 Å². The molecule has 0 saturated carbocycles. The molecular weight excluding hydrogens is 410 g/mol. The predicted molar refractivity (Wildman–Crippen MR) is 116 cm³/mol. The first kappa shape index (κ1) is 19.5.